The summed E-state index contributed by atoms with van der Waals surface area (Å²) >= 11 is 1.30. The van der Waals surface area contributed by atoms with Crippen LogP contribution in [0.4, 0.5) is 10.1 Å². The van der Waals surface area contributed by atoms with Crippen LogP contribution in [0.5, 0.6) is 0 Å². The van der Waals surface area contributed by atoms with Crippen molar-refractivity contribution >= 4 is 23.4 Å². The van der Waals surface area contributed by atoms with E-state index in [1.54, 1.807) is 0 Å². The average molecular weight is 399 g/mol. The van der Waals surface area contributed by atoms with Gasteiger partial charge in [0.15, 0.2) is 11.0 Å². The SMILES string of the molecule is Cn1c(SCC(=O)Nc2ccc(F)cc2)nnc1-c1ccc(C(C)(C)C)cc1. The molecule has 3 rings (SSSR count). The van der Waals surface area contributed by atoms with Crippen molar-refractivity contribution in [1.82, 2.24) is 14.8 Å². The second-order valence-electron chi connectivity index (χ2n) is 7.54. The standard InChI is InChI=1S/C21H23FN4OS/c1-21(2,3)15-7-5-14(6-8-15)19-24-25-20(26(19)4)28-13-18(27)23-17-11-9-16(22)10-12-17/h5-12H,13H2,1-4H3,(H,23,27). The van der Waals surface area contributed by atoms with Gasteiger partial charge in [0.25, 0.3) is 0 Å². The Bertz CT molecular complexity index is 960. The Kier molecular flexibility index (Phi) is 5.84. The number of halogens is 1. The van der Waals surface area contributed by atoms with E-state index in [0.717, 1.165) is 11.4 Å². The molecule has 0 saturated heterocycles. The molecule has 1 N–H and O–H groups in total. The lowest BCUT2D eigenvalue weighted by atomic mass is 9.87. The van der Waals surface area contributed by atoms with Crippen molar-refractivity contribution in [3.8, 4) is 11.4 Å². The molecule has 0 fully saturated rings. The third-order valence-corrected chi connectivity index (χ3v) is 5.32. The minimum Gasteiger partial charge on any atom is -0.325 e. The number of nitrogens with zero attached hydrogens (tertiary/aromatic N) is 3. The molecule has 0 aliphatic carbocycles. The lowest BCUT2D eigenvalue weighted by molar-refractivity contribution is -0.113. The highest BCUT2D eigenvalue weighted by Gasteiger charge is 2.16. The molecule has 7 heteroatoms. The maximum absolute atomic E-state index is 12.9. The van der Waals surface area contributed by atoms with Gasteiger partial charge in [0.2, 0.25) is 5.91 Å². The number of amides is 1. The summed E-state index contributed by atoms with van der Waals surface area (Å²) in [6.45, 7) is 6.53. The topological polar surface area (TPSA) is 59.8 Å². The van der Waals surface area contributed by atoms with Crippen LogP contribution in [-0.2, 0) is 17.3 Å². The minimum atomic E-state index is -0.338. The van der Waals surface area contributed by atoms with Crippen molar-refractivity contribution in [2.75, 3.05) is 11.1 Å². The molecule has 1 amide bonds. The number of nitrogens with one attached hydrogen (secondary N) is 1. The van der Waals surface area contributed by atoms with Gasteiger partial charge in [-0.05, 0) is 35.2 Å². The maximum atomic E-state index is 12.9. The number of hydrogen-bond donors (Lipinski definition) is 1. The van der Waals surface area contributed by atoms with Gasteiger partial charge >= 0.3 is 0 Å². The maximum Gasteiger partial charge on any atom is 0.234 e. The Hall–Kier alpha value is -2.67. The van der Waals surface area contributed by atoms with Gasteiger partial charge in [-0.3, -0.25) is 4.79 Å². The lowest BCUT2D eigenvalue weighted by Crippen LogP contribution is -2.14. The smallest absolute Gasteiger partial charge is 0.234 e. The summed E-state index contributed by atoms with van der Waals surface area (Å²) < 4.78 is 14.8. The first-order valence-corrected chi connectivity index (χ1v) is 9.91. The number of carbonyl (C=O) groups excluding carboxylic acids is 1. The number of carbonyl (C=O) groups is 1. The highest BCUT2D eigenvalue weighted by atomic mass is 32.2. The summed E-state index contributed by atoms with van der Waals surface area (Å²) in [4.78, 5) is 12.1. The summed E-state index contributed by atoms with van der Waals surface area (Å²) in [6, 6.07) is 14.0. The van der Waals surface area contributed by atoms with Gasteiger partial charge in [0, 0.05) is 18.3 Å². The molecule has 3 aromatic rings. The van der Waals surface area contributed by atoms with E-state index in [1.165, 1.54) is 41.6 Å². The molecular weight excluding hydrogens is 375 g/mol. The molecule has 2 aromatic carbocycles. The van der Waals surface area contributed by atoms with E-state index < -0.39 is 0 Å². The van der Waals surface area contributed by atoms with Gasteiger partial charge in [-0.2, -0.15) is 0 Å². The highest BCUT2D eigenvalue weighted by molar-refractivity contribution is 7.99. The summed E-state index contributed by atoms with van der Waals surface area (Å²) in [7, 11) is 1.88. The van der Waals surface area contributed by atoms with Crippen molar-refractivity contribution in [2.45, 2.75) is 31.3 Å². The fourth-order valence-electron chi connectivity index (χ4n) is 2.67. The van der Waals surface area contributed by atoms with Crippen molar-refractivity contribution < 1.29 is 9.18 Å². The largest absolute Gasteiger partial charge is 0.325 e. The Morgan fingerprint density at radius 3 is 2.32 bits per heavy atom. The molecule has 0 aliphatic rings. The van der Waals surface area contributed by atoms with Gasteiger partial charge in [-0.15, -0.1) is 10.2 Å². The van der Waals surface area contributed by atoms with Crippen LogP contribution in [0.2, 0.25) is 0 Å². The van der Waals surface area contributed by atoms with E-state index in [9.17, 15) is 9.18 Å². The minimum absolute atomic E-state index is 0.0946. The van der Waals surface area contributed by atoms with Crippen LogP contribution in [0.1, 0.15) is 26.3 Å². The Morgan fingerprint density at radius 2 is 1.71 bits per heavy atom. The van der Waals surface area contributed by atoms with Gasteiger partial charge in [-0.1, -0.05) is 56.8 Å². The zero-order valence-electron chi connectivity index (χ0n) is 16.4. The number of thioether (sulfide) groups is 1. The van der Waals surface area contributed by atoms with Gasteiger partial charge in [0.05, 0.1) is 5.75 Å². The molecule has 0 unspecified atom stereocenters. The zero-order chi connectivity index (χ0) is 20.3. The van der Waals surface area contributed by atoms with Crippen LogP contribution in [0.25, 0.3) is 11.4 Å². The van der Waals surface area contributed by atoms with E-state index in [-0.39, 0.29) is 22.9 Å². The Labute approximate surface area is 168 Å². The molecule has 0 radical (unpaired) electrons. The molecule has 1 aromatic heterocycles. The quantitative estimate of drug-likeness (QED) is 0.636. The number of hydrogen-bond acceptors (Lipinski definition) is 4. The molecule has 146 valence electrons. The van der Waals surface area contributed by atoms with Crippen molar-refractivity contribution in [1.29, 1.82) is 0 Å². The molecule has 0 atom stereocenters. The van der Waals surface area contributed by atoms with Crippen LogP contribution in [0.3, 0.4) is 0 Å². The molecular formula is C21H23FN4OS. The van der Waals surface area contributed by atoms with Gasteiger partial charge in [-0.25, -0.2) is 4.39 Å². The molecule has 0 bridgehead atoms. The van der Waals surface area contributed by atoms with E-state index in [2.05, 4.69) is 48.4 Å². The summed E-state index contributed by atoms with van der Waals surface area (Å²) in [5, 5.41) is 11.9. The van der Waals surface area contributed by atoms with E-state index in [1.807, 2.05) is 23.7 Å². The fourth-order valence-corrected chi connectivity index (χ4v) is 3.38. The van der Waals surface area contributed by atoms with Crippen LogP contribution in [-0.4, -0.2) is 26.4 Å². The molecule has 28 heavy (non-hydrogen) atoms. The highest BCUT2D eigenvalue weighted by Crippen LogP contribution is 2.27. The number of benzene rings is 2. The first kappa shape index (κ1) is 20.1. The Balaban J connectivity index is 1.64. The van der Waals surface area contributed by atoms with Crippen LogP contribution in [0, 0.1) is 5.82 Å². The molecule has 5 nitrogen and oxygen atoms in total. The predicted octanol–water partition coefficient (Wildman–Crippen LogP) is 4.65. The molecule has 0 aliphatic heterocycles. The van der Waals surface area contributed by atoms with Crippen LogP contribution >= 0.6 is 11.8 Å². The van der Waals surface area contributed by atoms with E-state index in [4.69, 9.17) is 0 Å². The predicted molar refractivity (Wildman–Crippen MR) is 111 cm³/mol. The number of anilines is 1. The summed E-state index contributed by atoms with van der Waals surface area (Å²) in [5.74, 6) is 0.416. The van der Waals surface area contributed by atoms with Crippen molar-refractivity contribution in [3.05, 3.63) is 59.9 Å². The molecule has 1 heterocycles. The summed E-state index contributed by atoms with van der Waals surface area (Å²) in [6.07, 6.45) is 0. The molecule has 0 spiro atoms. The van der Waals surface area contributed by atoms with Crippen LogP contribution < -0.4 is 5.32 Å². The second kappa shape index (κ2) is 8.14. The first-order chi connectivity index (χ1) is 13.2. The third kappa shape index (κ3) is 4.78. The lowest BCUT2D eigenvalue weighted by Gasteiger charge is -2.19. The first-order valence-electron chi connectivity index (χ1n) is 8.92. The average Bonchev–Trinajstić information content (AvgIpc) is 3.02. The number of aromatic nitrogens is 3. The fraction of sp³-hybridized carbons (Fsp3) is 0.286. The van der Waals surface area contributed by atoms with Crippen molar-refractivity contribution in [3.63, 3.8) is 0 Å². The van der Waals surface area contributed by atoms with E-state index in [0.29, 0.717) is 10.8 Å². The van der Waals surface area contributed by atoms with E-state index >= 15 is 0 Å². The number of rotatable bonds is 5. The monoisotopic (exact) mass is 398 g/mol. The second-order valence-corrected chi connectivity index (χ2v) is 8.48. The molecule has 0 saturated carbocycles. The third-order valence-electron chi connectivity index (χ3n) is 4.30. The Morgan fingerprint density at radius 1 is 1.07 bits per heavy atom. The van der Waals surface area contributed by atoms with Gasteiger partial charge < -0.3 is 9.88 Å². The van der Waals surface area contributed by atoms with Gasteiger partial charge in [0.1, 0.15) is 5.82 Å². The van der Waals surface area contributed by atoms with Crippen LogP contribution in [0.15, 0.2) is 53.7 Å². The van der Waals surface area contributed by atoms with Crippen molar-refractivity contribution in [2.24, 2.45) is 7.05 Å². The zero-order valence-corrected chi connectivity index (χ0v) is 17.2. The summed E-state index contributed by atoms with van der Waals surface area (Å²) in [5.41, 5.74) is 2.89. The normalized spacial score (nSPS) is 11.5.